The van der Waals surface area contributed by atoms with Gasteiger partial charge in [-0.05, 0) is 57.0 Å². The number of ether oxygens (including phenoxy) is 2. The van der Waals surface area contributed by atoms with Gasteiger partial charge < -0.3 is 19.4 Å². The fourth-order valence-corrected chi connectivity index (χ4v) is 4.45. The lowest BCUT2D eigenvalue weighted by Crippen LogP contribution is -2.34. The Morgan fingerprint density at radius 3 is 2.59 bits per heavy atom. The summed E-state index contributed by atoms with van der Waals surface area (Å²) < 4.78 is 13.2. The maximum absolute atomic E-state index is 13.2. The van der Waals surface area contributed by atoms with Crippen molar-refractivity contribution in [1.82, 2.24) is 14.9 Å². The number of methoxy groups -OCH3 is 1. The molecule has 1 aliphatic carbocycles. The first-order valence-corrected chi connectivity index (χ1v) is 11.8. The number of aromatic nitrogens is 2. The van der Waals surface area contributed by atoms with Gasteiger partial charge in [0.25, 0.3) is 11.8 Å². The molecule has 34 heavy (non-hydrogen) atoms. The molecule has 1 heterocycles. The zero-order chi connectivity index (χ0) is 24.1. The van der Waals surface area contributed by atoms with Crippen molar-refractivity contribution < 1.29 is 19.1 Å². The van der Waals surface area contributed by atoms with Crippen molar-refractivity contribution in [1.29, 1.82) is 0 Å². The first kappa shape index (κ1) is 23.6. The molecule has 180 valence electrons. The Morgan fingerprint density at radius 2 is 1.85 bits per heavy atom. The molecule has 0 unspecified atom stereocenters. The second-order valence-electron chi connectivity index (χ2n) is 8.92. The molecule has 0 saturated heterocycles. The molecule has 8 heteroatoms. The molecule has 0 aliphatic heterocycles. The van der Waals surface area contributed by atoms with E-state index in [1.807, 2.05) is 32.0 Å². The number of benzene rings is 2. The van der Waals surface area contributed by atoms with Crippen molar-refractivity contribution in [3.8, 4) is 11.5 Å². The van der Waals surface area contributed by atoms with Crippen LogP contribution in [0.25, 0.3) is 11.0 Å². The van der Waals surface area contributed by atoms with Gasteiger partial charge in [0.2, 0.25) is 5.95 Å². The Hall–Kier alpha value is -3.55. The van der Waals surface area contributed by atoms with E-state index in [0.29, 0.717) is 29.1 Å². The molecule has 4 rings (SSSR count). The van der Waals surface area contributed by atoms with E-state index in [0.717, 1.165) is 23.9 Å². The van der Waals surface area contributed by atoms with Crippen molar-refractivity contribution >= 4 is 28.8 Å². The third-order valence-electron chi connectivity index (χ3n) is 6.00. The average Bonchev–Trinajstić information content (AvgIpc) is 3.20. The summed E-state index contributed by atoms with van der Waals surface area (Å²) in [6.07, 6.45) is 5.76. The standard InChI is InChI=1S/C26H32N4O4/c1-17(2)27-24(31)16-34-22-14-13-18(15-23(22)33-3)25(32)29-26-28-20-11-7-8-12-21(20)30(26)19-9-5-4-6-10-19/h7-8,11-15,17,19H,4-6,9-10,16H2,1-3H3,(H,27,31)(H,28,29,32). The van der Waals surface area contributed by atoms with Gasteiger partial charge in [0, 0.05) is 17.6 Å². The van der Waals surface area contributed by atoms with Gasteiger partial charge in [0.1, 0.15) is 0 Å². The summed E-state index contributed by atoms with van der Waals surface area (Å²) in [5.41, 5.74) is 2.31. The van der Waals surface area contributed by atoms with Crippen LogP contribution >= 0.6 is 0 Å². The zero-order valence-corrected chi connectivity index (χ0v) is 20.0. The second-order valence-corrected chi connectivity index (χ2v) is 8.92. The van der Waals surface area contributed by atoms with E-state index < -0.39 is 0 Å². The van der Waals surface area contributed by atoms with E-state index in [2.05, 4.69) is 21.3 Å². The Bertz CT molecular complexity index is 1160. The largest absolute Gasteiger partial charge is 0.493 e. The van der Waals surface area contributed by atoms with Crippen LogP contribution in [0.2, 0.25) is 0 Å². The molecule has 0 atom stereocenters. The monoisotopic (exact) mass is 464 g/mol. The Labute approximate surface area is 199 Å². The third-order valence-corrected chi connectivity index (χ3v) is 6.00. The van der Waals surface area contributed by atoms with Crippen LogP contribution in [-0.2, 0) is 4.79 Å². The van der Waals surface area contributed by atoms with Crippen LogP contribution in [0.3, 0.4) is 0 Å². The van der Waals surface area contributed by atoms with Crippen molar-refractivity contribution in [3.63, 3.8) is 0 Å². The number of para-hydroxylation sites is 2. The fraction of sp³-hybridized carbons (Fsp3) is 0.423. The number of hydrogen-bond donors (Lipinski definition) is 2. The highest BCUT2D eigenvalue weighted by atomic mass is 16.5. The molecule has 1 saturated carbocycles. The fourth-order valence-electron chi connectivity index (χ4n) is 4.45. The lowest BCUT2D eigenvalue weighted by molar-refractivity contribution is -0.123. The van der Waals surface area contributed by atoms with E-state index in [9.17, 15) is 9.59 Å². The summed E-state index contributed by atoms with van der Waals surface area (Å²) in [7, 11) is 1.50. The lowest BCUT2D eigenvalue weighted by atomic mass is 9.95. The van der Waals surface area contributed by atoms with Gasteiger partial charge in [-0.2, -0.15) is 0 Å². The van der Waals surface area contributed by atoms with Gasteiger partial charge in [-0.15, -0.1) is 0 Å². The maximum Gasteiger partial charge on any atom is 0.258 e. The van der Waals surface area contributed by atoms with Crippen molar-refractivity contribution in [3.05, 3.63) is 48.0 Å². The van der Waals surface area contributed by atoms with Crippen LogP contribution in [0.5, 0.6) is 11.5 Å². The highest BCUT2D eigenvalue weighted by Gasteiger charge is 2.23. The summed E-state index contributed by atoms with van der Waals surface area (Å²) in [6.45, 7) is 3.63. The number of fused-ring (bicyclic) bond motifs is 1. The quantitative estimate of drug-likeness (QED) is 0.504. The number of carbonyl (C=O) groups is 2. The molecule has 8 nitrogen and oxygen atoms in total. The SMILES string of the molecule is COc1cc(C(=O)Nc2nc3ccccc3n2C2CCCCC2)ccc1OCC(=O)NC(C)C. The normalized spacial score (nSPS) is 14.2. The number of hydrogen-bond acceptors (Lipinski definition) is 5. The molecule has 0 spiro atoms. The minimum absolute atomic E-state index is 0.0295. The van der Waals surface area contributed by atoms with Crippen LogP contribution in [0.4, 0.5) is 5.95 Å². The number of anilines is 1. The van der Waals surface area contributed by atoms with Crippen LogP contribution in [-0.4, -0.2) is 41.1 Å². The number of nitrogens with one attached hydrogen (secondary N) is 2. The van der Waals surface area contributed by atoms with Gasteiger partial charge in [-0.1, -0.05) is 31.4 Å². The second kappa shape index (κ2) is 10.6. The molecule has 1 aromatic heterocycles. The Kier molecular flexibility index (Phi) is 7.35. The van der Waals surface area contributed by atoms with Gasteiger partial charge in [0.15, 0.2) is 18.1 Å². The molecule has 0 bridgehead atoms. The maximum atomic E-state index is 13.2. The minimum atomic E-state index is -0.283. The third kappa shape index (κ3) is 5.32. The molecule has 2 aromatic carbocycles. The molecule has 0 radical (unpaired) electrons. The number of rotatable bonds is 8. The topological polar surface area (TPSA) is 94.5 Å². The Morgan fingerprint density at radius 1 is 1.09 bits per heavy atom. The summed E-state index contributed by atoms with van der Waals surface area (Å²) in [5, 5.41) is 5.78. The van der Waals surface area contributed by atoms with Crippen molar-refractivity contribution in [2.75, 3.05) is 19.0 Å². The van der Waals surface area contributed by atoms with Gasteiger partial charge >= 0.3 is 0 Å². The van der Waals surface area contributed by atoms with Gasteiger partial charge in [-0.25, -0.2) is 4.98 Å². The van der Waals surface area contributed by atoms with Crippen molar-refractivity contribution in [2.24, 2.45) is 0 Å². The van der Waals surface area contributed by atoms with Crippen LogP contribution in [0.15, 0.2) is 42.5 Å². The lowest BCUT2D eigenvalue weighted by Gasteiger charge is -2.25. The first-order valence-electron chi connectivity index (χ1n) is 11.8. The van der Waals surface area contributed by atoms with Crippen LogP contribution in [0, 0.1) is 0 Å². The average molecular weight is 465 g/mol. The predicted octanol–water partition coefficient (Wildman–Crippen LogP) is 4.71. The highest BCUT2D eigenvalue weighted by molar-refractivity contribution is 6.04. The van der Waals surface area contributed by atoms with Gasteiger partial charge in [0.05, 0.1) is 18.1 Å². The molecule has 2 amide bonds. The number of nitrogens with zero attached hydrogens (tertiary/aromatic N) is 2. The number of imidazole rings is 1. The van der Waals surface area contributed by atoms with Crippen molar-refractivity contribution in [2.45, 2.75) is 58.0 Å². The zero-order valence-electron chi connectivity index (χ0n) is 20.0. The number of carbonyl (C=O) groups excluding carboxylic acids is 2. The van der Waals surface area contributed by atoms with Crippen LogP contribution in [0.1, 0.15) is 62.4 Å². The molecule has 3 aromatic rings. The summed E-state index contributed by atoms with van der Waals surface area (Å²) in [5.74, 6) is 0.830. The summed E-state index contributed by atoms with van der Waals surface area (Å²) in [6, 6.07) is 13.2. The highest BCUT2D eigenvalue weighted by Crippen LogP contribution is 2.34. The van der Waals surface area contributed by atoms with E-state index in [1.54, 1.807) is 18.2 Å². The van der Waals surface area contributed by atoms with E-state index in [4.69, 9.17) is 14.5 Å². The van der Waals surface area contributed by atoms with Crippen LogP contribution < -0.4 is 20.1 Å². The number of amides is 2. The summed E-state index contributed by atoms with van der Waals surface area (Å²) in [4.78, 5) is 29.8. The first-order chi connectivity index (χ1) is 16.5. The summed E-state index contributed by atoms with van der Waals surface area (Å²) >= 11 is 0. The molecule has 1 aliphatic rings. The van der Waals surface area contributed by atoms with E-state index in [-0.39, 0.29) is 24.5 Å². The smallest absolute Gasteiger partial charge is 0.258 e. The molecular weight excluding hydrogens is 432 g/mol. The molecule has 1 fully saturated rings. The predicted molar refractivity (Wildman–Crippen MR) is 132 cm³/mol. The van der Waals surface area contributed by atoms with Gasteiger partial charge in [-0.3, -0.25) is 14.9 Å². The van der Waals surface area contributed by atoms with E-state index >= 15 is 0 Å². The van der Waals surface area contributed by atoms with E-state index in [1.165, 1.54) is 26.4 Å². The minimum Gasteiger partial charge on any atom is -0.493 e. The Balaban J connectivity index is 1.54. The molecular formula is C26H32N4O4. The molecule has 2 N–H and O–H groups in total.